The van der Waals surface area contributed by atoms with Gasteiger partial charge in [-0.1, -0.05) is 24.3 Å². The molecule has 2 heterocycles. The second kappa shape index (κ2) is 6.95. The fourth-order valence-corrected chi connectivity index (χ4v) is 3.36. The number of aromatic nitrogens is 2. The number of carbonyl (C=O) groups is 1. The number of ether oxygens (including phenoxy) is 1. The van der Waals surface area contributed by atoms with Gasteiger partial charge in [0.15, 0.2) is 0 Å². The van der Waals surface area contributed by atoms with Crippen molar-refractivity contribution in [2.75, 3.05) is 13.1 Å². The molecule has 6 nitrogen and oxygen atoms in total. The molecule has 0 radical (unpaired) electrons. The fourth-order valence-electron chi connectivity index (χ4n) is 3.36. The molecule has 2 aromatic carbocycles. The van der Waals surface area contributed by atoms with Crippen LogP contribution in [0.4, 0.5) is 4.79 Å². The van der Waals surface area contributed by atoms with Crippen LogP contribution in [0.2, 0.25) is 0 Å². The molecule has 0 spiro atoms. The molecule has 0 aliphatic carbocycles. The summed E-state index contributed by atoms with van der Waals surface area (Å²) in [6.07, 6.45) is 3.62. The molecule has 1 N–H and O–H groups in total. The van der Waals surface area contributed by atoms with E-state index >= 15 is 0 Å². The number of hydrogen-bond donors (Lipinski definition) is 1. The van der Waals surface area contributed by atoms with E-state index in [1.54, 1.807) is 4.90 Å². The molecule has 1 amide bonds. The van der Waals surface area contributed by atoms with Crippen molar-refractivity contribution in [3.63, 3.8) is 0 Å². The molecule has 1 aliphatic rings. The van der Waals surface area contributed by atoms with E-state index in [0.29, 0.717) is 13.1 Å². The van der Waals surface area contributed by atoms with Gasteiger partial charge in [-0.2, -0.15) is 5.10 Å². The standard InChI is InChI=1S/C22H25N3O3/c1-22(2,3)28-21(27)24-12-20(13-24)25-11-19(10-23-25)18-7-6-16-8-15(14-26)4-5-17(16)9-18/h4-11,20,26H,12-14H2,1-3H3. The number of aliphatic hydroxyl groups excluding tert-OH is 1. The van der Waals surface area contributed by atoms with Gasteiger partial charge in [0.25, 0.3) is 0 Å². The SMILES string of the molecule is CC(C)(C)OC(=O)N1CC(n2cc(-c3ccc4cc(CO)ccc4c3)cn2)C1. The summed E-state index contributed by atoms with van der Waals surface area (Å²) in [5, 5.41) is 16.0. The second-order valence-electron chi connectivity index (χ2n) is 8.30. The van der Waals surface area contributed by atoms with Crippen molar-refractivity contribution < 1.29 is 14.6 Å². The maximum atomic E-state index is 12.1. The number of amides is 1. The first-order valence-corrected chi connectivity index (χ1v) is 9.48. The van der Waals surface area contributed by atoms with Gasteiger partial charge in [0.05, 0.1) is 18.8 Å². The Labute approximate surface area is 164 Å². The molecule has 1 aliphatic heterocycles. The van der Waals surface area contributed by atoms with E-state index in [2.05, 4.69) is 23.3 Å². The largest absolute Gasteiger partial charge is 0.444 e. The van der Waals surface area contributed by atoms with Crippen LogP contribution in [-0.2, 0) is 11.3 Å². The summed E-state index contributed by atoms with van der Waals surface area (Å²) in [5.74, 6) is 0. The molecule has 146 valence electrons. The Morgan fingerprint density at radius 3 is 2.57 bits per heavy atom. The van der Waals surface area contributed by atoms with Crippen molar-refractivity contribution in [2.45, 2.75) is 39.0 Å². The molecule has 3 aromatic rings. The summed E-state index contributed by atoms with van der Waals surface area (Å²) in [6.45, 7) is 6.88. The van der Waals surface area contributed by atoms with Gasteiger partial charge in [-0.05, 0) is 54.8 Å². The van der Waals surface area contributed by atoms with Gasteiger partial charge < -0.3 is 14.7 Å². The van der Waals surface area contributed by atoms with Gasteiger partial charge in [-0.15, -0.1) is 0 Å². The van der Waals surface area contributed by atoms with Gasteiger partial charge in [0, 0.05) is 24.8 Å². The number of rotatable bonds is 3. The first-order chi connectivity index (χ1) is 13.3. The first kappa shape index (κ1) is 18.5. The highest BCUT2D eigenvalue weighted by Gasteiger charge is 2.35. The van der Waals surface area contributed by atoms with Crippen LogP contribution in [0.25, 0.3) is 21.9 Å². The third kappa shape index (κ3) is 3.73. The van der Waals surface area contributed by atoms with Gasteiger partial charge in [-0.3, -0.25) is 4.68 Å². The number of likely N-dealkylation sites (tertiary alicyclic amines) is 1. The van der Waals surface area contributed by atoms with Crippen LogP contribution < -0.4 is 0 Å². The highest BCUT2D eigenvalue weighted by molar-refractivity contribution is 5.87. The monoisotopic (exact) mass is 379 g/mol. The quantitative estimate of drug-likeness (QED) is 0.747. The van der Waals surface area contributed by atoms with Crippen LogP contribution in [-0.4, -0.2) is 44.6 Å². The normalized spacial score (nSPS) is 14.9. The number of hydrogen-bond acceptors (Lipinski definition) is 4. The molecule has 6 heteroatoms. The summed E-state index contributed by atoms with van der Waals surface area (Å²) >= 11 is 0. The van der Waals surface area contributed by atoms with Gasteiger partial charge >= 0.3 is 6.09 Å². The van der Waals surface area contributed by atoms with E-state index < -0.39 is 5.60 Å². The zero-order chi connectivity index (χ0) is 19.9. The van der Waals surface area contributed by atoms with Gasteiger partial charge in [0.1, 0.15) is 5.60 Å². The van der Waals surface area contributed by atoms with Gasteiger partial charge in [0.2, 0.25) is 0 Å². The Morgan fingerprint density at radius 1 is 1.14 bits per heavy atom. The fraction of sp³-hybridized carbons (Fsp3) is 0.364. The van der Waals surface area contributed by atoms with Crippen LogP contribution >= 0.6 is 0 Å². The topological polar surface area (TPSA) is 67.6 Å². The Hall–Kier alpha value is -2.86. The minimum absolute atomic E-state index is 0.0478. The number of fused-ring (bicyclic) bond motifs is 1. The molecular weight excluding hydrogens is 354 g/mol. The van der Waals surface area contributed by atoms with E-state index in [0.717, 1.165) is 27.5 Å². The van der Waals surface area contributed by atoms with Crippen molar-refractivity contribution in [3.05, 3.63) is 54.4 Å². The molecule has 1 fully saturated rings. The van der Waals surface area contributed by atoms with Crippen molar-refractivity contribution >= 4 is 16.9 Å². The molecule has 0 saturated carbocycles. The molecule has 4 rings (SSSR count). The van der Waals surface area contributed by atoms with Crippen LogP contribution in [0.1, 0.15) is 32.4 Å². The molecule has 0 unspecified atom stereocenters. The minimum atomic E-state index is -0.477. The lowest BCUT2D eigenvalue weighted by Gasteiger charge is -2.39. The Morgan fingerprint density at radius 2 is 1.86 bits per heavy atom. The second-order valence-corrected chi connectivity index (χ2v) is 8.30. The minimum Gasteiger partial charge on any atom is -0.444 e. The number of nitrogens with zero attached hydrogens (tertiary/aromatic N) is 3. The summed E-state index contributed by atoms with van der Waals surface area (Å²) in [5.41, 5.74) is 2.57. The van der Waals surface area contributed by atoms with E-state index in [9.17, 15) is 9.90 Å². The van der Waals surface area contributed by atoms with Crippen LogP contribution in [0.5, 0.6) is 0 Å². The van der Waals surface area contributed by atoms with E-state index in [4.69, 9.17) is 4.74 Å². The predicted molar refractivity (Wildman–Crippen MR) is 108 cm³/mol. The number of aliphatic hydroxyl groups is 1. The molecule has 1 saturated heterocycles. The Kier molecular flexibility index (Phi) is 4.59. The molecule has 0 bridgehead atoms. The predicted octanol–water partition coefficient (Wildman–Crippen LogP) is 3.99. The van der Waals surface area contributed by atoms with Crippen molar-refractivity contribution in [1.82, 2.24) is 14.7 Å². The highest BCUT2D eigenvalue weighted by Crippen LogP contribution is 2.28. The third-order valence-corrected chi connectivity index (χ3v) is 4.91. The van der Waals surface area contributed by atoms with Crippen molar-refractivity contribution in [2.24, 2.45) is 0 Å². The van der Waals surface area contributed by atoms with Crippen molar-refractivity contribution in [3.8, 4) is 11.1 Å². The van der Waals surface area contributed by atoms with Gasteiger partial charge in [-0.25, -0.2) is 4.79 Å². The number of benzene rings is 2. The summed E-state index contributed by atoms with van der Waals surface area (Å²) in [4.78, 5) is 13.8. The molecule has 1 aromatic heterocycles. The zero-order valence-corrected chi connectivity index (χ0v) is 16.4. The van der Waals surface area contributed by atoms with Crippen LogP contribution in [0.15, 0.2) is 48.8 Å². The average molecular weight is 379 g/mol. The number of carbonyl (C=O) groups excluding carboxylic acids is 1. The molecule has 28 heavy (non-hydrogen) atoms. The summed E-state index contributed by atoms with van der Waals surface area (Å²) < 4.78 is 7.33. The Balaban J connectivity index is 1.45. The summed E-state index contributed by atoms with van der Waals surface area (Å²) in [6, 6.07) is 12.4. The lowest BCUT2D eigenvalue weighted by molar-refractivity contribution is -0.000382. The highest BCUT2D eigenvalue weighted by atomic mass is 16.6. The van der Waals surface area contributed by atoms with E-state index in [1.165, 1.54) is 0 Å². The third-order valence-electron chi connectivity index (χ3n) is 4.91. The summed E-state index contributed by atoms with van der Waals surface area (Å²) in [7, 11) is 0. The van der Waals surface area contributed by atoms with E-state index in [1.807, 2.05) is 56.0 Å². The molecule has 0 atom stereocenters. The van der Waals surface area contributed by atoms with Crippen molar-refractivity contribution in [1.29, 1.82) is 0 Å². The molecular formula is C22H25N3O3. The maximum Gasteiger partial charge on any atom is 0.410 e. The smallest absolute Gasteiger partial charge is 0.410 e. The maximum absolute atomic E-state index is 12.1. The van der Waals surface area contributed by atoms with Crippen LogP contribution in [0, 0.1) is 0 Å². The van der Waals surface area contributed by atoms with E-state index in [-0.39, 0.29) is 18.7 Å². The lowest BCUT2D eigenvalue weighted by Crippen LogP contribution is -2.52. The van der Waals surface area contributed by atoms with Crippen LogP contribution in [0.3, 0.4) is 0 Å². The average Bonchev–Trinajstić information content (AvgIpc) is 3.07. The lowest BCUT2D eigenvalue weighted by atomic mass is 10.0. The first-order valence-electron chi connectivity index (χ1n) is 9.48. The zero-order valence-electron chi connectivity index (χ0n) is 16.4. The Bertz CT molecular complexity index is 1010.